The summed E-state index contributed by atoms with van der Waals surface area (Å²) in [5.41, 5.74) is 3.27. The maximum absolute atomic E-state index is 11.9. The highest BCUT2D eigenvalue weighted by Gasteiger charge is 2.16. The van der Waals surface area contributed by atoms with Gasteiger partial charge in [0.05, 0.1) is 16.7 Å². The highest BCUT2D eigenvalue weighted by atomic mass is 35.5. The summed E-state index contributed by atoms with van der Waals surface area (Å²) in [7, 11) is 0. The lowest BCUT2D eigenvalue weighted by molar-refractivity contribution is -0.385. The van der Waals surface area contributed by atoms with E-state index in [1.165, 1.54) is 30.6 Å². The Morgan fingerprint density at radius 2 is 2.00 bits per heavy atom. The van der Waals surface area contributed by atoms with Gasteiger partial charge in [-0.2, -0.15) is 5.10 Å². The molecule has 0 atom stereocenters. The van der Waals surface area contributed by atoms with Crippen LogP contribution in [0.25, 0.3) is 0 Å². The van der Waals surface area contributed by atoms with Crippen LogP contribution in [0.3, 0.4) is 0 Å². The fourth-order valence-corrected chi connectivity index (χ4v) is 2.36. The van der Waals surface area contributed by atoms with Gasteiger partial charge >= 0.3 is 5.69 Å². The minimum absolute atomic E-state index is 0.0829. The number of amides is 1. The number of halogens is 1. The lowest BCUT2D eigenvalue weighted by Gasteiger charge is -2.06. The number of hydrogen-bond donors (Lipinski definition) is 1. The molecule has 3 aromatic rings. The highest BCUT2D eigenvalue weighted by Crippen LogP contribution is 2.33. The molecule has 8 nitrogen and oxygen atoms in total. The smallest absolute Gasteiger partial charge is 0.313 e. The predicted octanol–water partition coefficient (Wildman–Crippen LogP) is 4.20. The molecule has 28 heavy (non-hydrogen) atoms. The summed E-state index contributed by atoms with van der Waals surface area (Å²) < 4.78 is 5.56. The first kappa shape index (κ1) is 19.0. The molecule has 0 saturated carbocycles. The van der Waals surface area contributed by atoms with Crippen molar-refractivity contribution in [2.24, 2.45) is 5.10 Å². The van der Waals surface area contributed by atoms with Crippen molar-refractivity contribution in [2.45, 2.75) is 0 Å². The number of benzene rings is 2. The van der Waals surface area contributed by atoms with Gasteiger partial charge in [0.25, 0.3) is 5.91 Å². The normalized spacial score (nSPS) is 10.6. The SMILES string of the molecule is O=C(N/N=C\c1ccc(Oc2ccc(Cl)cc2[N+](=O)[O-])cc1)c1cccnc1. The van der Waals surface area contributed by atoms with E-state index in [1.807, 2.05) is 0 Å². The summed E-state index contributed by atoms with van der Waals surface area (Å²) in [6.45, 7) is 0. The monoisotopic (exact) mass is 396 g/mol. The largest absolute Gasteiger partial charge is 0.450 e. The van der Waals surface area contributed by atoms with Crippen molar-refractivity contribution >= 4 is 29.4 Å². The number of carbonyl (C=O) groups excluding carboxylic acids is 1. The van der Waals surface area contributed by atoms with Crippen LogP contribution < -0.4 is 10.2 Å². The van der Waals surface area contributed by atoms with Gasteiger partial charge in [-0.15, -0.1) is 0 Å². The molecular formula is C19H13ClN4O4. The first-order chi connectivity index (χ1) is 13.5. The molecule has 1 heterocycles. The van der Waals surface area contributed by atoms with Crippen LogP contribution in [-0.2, 0) is 0 Å². The quantitative estimate of drug-likeness (QED) is 0.381. The van der Waals surface area contributed by atoms with Gasteiger partial charge < -0.3 is 4.74 Å². The van der Waals surface area contributed by atoms with Crippen LogP contribution in [0, 0.1) is 10.1 Å². The fraction of sp³-hybridized carbons (Fsp3) is 0. The van der Waals surface area contributed by atoms with E-state index in [-0.39, 0.29) is 22.4 Å². The maximum atomic E-state index is 11.9. The second-order valence-corrected chi connectivity index (χ2v) is 5.92. The summed E-state index contributed by atoms with van der Waals surface area (Å²) in [6.07, 6.45) is 4.47. The van der Waals surface area contributed by atoms with Gasteiger partial charge in [0.1, 0.15) is 5.75 Å². The lowest BCUT2D eigenvalue weighted by Crippen LogP contribution is -2.17. The minimum atomic E-state index is -0.562. The van der Waals surface area contributed by atoms with Crippen LogP contribution in [0.15, 0.2) is 72.1 Å². The molecule has 0 fully saturated rings. The second-order valence-electron chi connectivity index (χ2n) is 5.48. The molecule has 1 amide bonds. The van der Waals surface area contributed by atoms with Gasteiger partial charge in [0, 0.05) is 23.5 Å². The molecule has 0 radical (unpaired) electrons. The van der Waals surface area contributed by atoms with Gasteiger partial charge in [-0.05, 0) is 54.1 Å². The Hall–Kier alpha value is -3.78. The van der Waals surface area contributed by atoms with Gasteiger partial charge in [0.2, 0.25) is 5.75 Å². The van der Waals surface area contributed by atoms with E-state index in [1.54, 1.807) is 42.6 Å². The summed E-state index contributed by atoms with van der Waals surface area (Å²) in [6, 6.07) is 14.1. The Labute approximate surface area is 164 Å². The number of rotatable bonds is 6. The number of pyridine rings is 1. The van der Waals surface area contributed by atoms with E-state index < -0.39 is 4.92 Å². The van der Waals surface area contributed by atoms with Gasteiger partial charge in [-0.1, -0.05) is 11.6 Å². The van der Waals surface area contributed by atoms with Crippen molar-refractivity contribution in [3.63, 3.8) is 0 Å². The van der Waals surface area contributed by atoms with Crippen LogP contribution in [0.5, 0.6) is 11.5 Å². The highest BCUT2D eigenvalue weighted by molar-refractivity contribution is 6.30. The number of hydrogen-bond acceptors (Lipinski definition) is 6. The van der Waals surface area contributed by atoms with Crippen LogP contribution in [-0.4, -0.2) is 22.0 Å². The molecule has 140 valence electrons. The number of hydrazone groups is 1. The predicted molar refractivity (Wildman–Crippen MR) is 104 cm³/mol. The molecule has 0 bridgehead atoms. The zero-order chi connectivity index (χ0) is 19.9. The second kappa shape index (κ2) is 8.74. The van der Waals surface area contributed by atoms with Crippen molar-refractivity contribution in [2.75, 3.05) is 0 Å². The Balaban J connectivity index is 1.64. The first-order valence-corrected chi connectivity index (χ1v) is 8.36. The van der Waals surface area contributed by atoms with Crippen molar-refractivity contribution in [1.29, 1.82) is 0 Å². The van der Waals surface area contributed by atoms with Gasteiger partial charge in [-0.25, -0.2) is 5.43 Å². The first-order valence-electron chi connectivity index (χ1n) is 7.98. The molecule has 1 N–H and O–H groups in total. The average molecular weight is 397 g/mol. The molecule has 3 rings (SSSR count). The molecule has 9 heteroatoms. The van der Waals surface area contributed by atoms with Crippen molar-refractivity contribution < 1.29 is 14.5 Å². The number of aromatic nitrogens is 1. The third kappa shape index (κ3) is 4.89. The van der Waals surface area contributed by atoms with Crippen LogP contribution >= 0.6 is 11.6 Å². The molecule has 0 aliphatic rings. The van der Waals surface area contributed by atoms with E-state index in [4.69, 9.17) is 16.3 Å². The number of ether oxygens (including phenoxy) is 1. The molecule has 0 unspecified atom stereocenters. The van der Waals surface area contributed by atoms with Crippen LogP contribution in [0.2, 0.25) is 5.02 Å². The summed E-state index contributed by atoms with van der Waals surface area (Å²) in [4.78, 5) is 26.3. The number of carbonyl (C=O) groups is 1. The molecular weight excluding hydrogens is 384 g/mol. The number of nitrogens with zero attached hydrogens (tertiary/aromatic N) is 3. The van der Waals surface area contributed by atoms with E-state index in [0.717, 1.165) is 0 Å². The third-order valence-electron chi connectivity index (χ3n) is 3.53. The molecule has 1 aromatic heterocycles. The van der Waals surface area contributed by atoms with Crippen molar-refractivity contribution in [3.8, 4) is 11.5 Å². The summed E-state index contributed by atoms with van der Waals surface area (Å²) in [5, 5.41) is 15.2. The van der Waals surface area contributed by atoms with E-state index in [9.17, 15) is 14.9 Å². The Morgan fingerprint density at radius 3 is 2.68 bits per heavy atom. The molecule has 0 spiro atoms. The fourth-order valence-electron chi connectivity index (χ4n) is 2.20. The summed E-state index contributed by atoms with van der Waals surface area (Å²) in [5.74, 6) is 0.112. The third-order valence-corrected chi connectivity index (χ3v) is 3.76. The summed E-state index contributed by atoms with van der Waals surface area (Å²) >= 11 is 5.79. The van der Waals surface area contributed by atoms with Crippen LogP contribution in [0.4, 0.5) is 5.69 Å². The lowest BCUT2D eigenvalue weighted by atomic mass is 10.2. The van der Waals surface area contributed by atoms with Crippen molar-refractivity contribution in [1.82, 2.24) is 10.4 Å². The Morgan fingerprint density at radius 1 is 1.21 bits per heavy atom. The maximum Gasteiger partial charge on any atom is 0.313 e. The zero-order valence-electron chi connectivity index (χ0n) is 14.3. The van der Waals surface area contributed by atoms with Crippen LogP contribution in [0.1, 0.15) is 15.9 Å². The topological polar surface area (TPSA) is 107 Å². The number of nitro groups is 1. The van der Waals surface area contributed by atoms with E-state index >= 15 is 0 Å². The molecule has 0 aliphatic heterocycles. The number of nitro benzene ring substituents is 1. The van der Waals surface area contributed by atoms with Crippen molar-refractivity contribution in [3.05, 3.63) is 93.3 Å². The zero-order valence-corrected chi connectivity index (χ0v) is 15.0. The van der Waals surface area contributed by atoms with E-state index in [0.29, 0.717) is 16.9 Å². The minimum Gasteiger partial charge on any atom is -0.450 e. The Kier molecular flexibility index (Phi) is 5.93. The number of nitrogens with one attached hydrogen (secondary N) is 1. The molecule has 0 saturated heterocycles. The van der Waals surface area contributed by atoms with E-state index in [2.05, 4.69) is 15.5 Å². The van der Waals surface area contributed by atoms with Gasteiger partial charge in [-0.3, -0.25) is 19.9 Å². The average Bonchev–Trinajstić information content (AvgIpc) is 2.71. The Bertz CT molecular complexity index is 1020. The molecule has 2 aromatic carbocycles. The van der Waals surface area contributed by atoms with Gasteiger partial charge in [0.15, 0.2) is 0 Å². The standard InChI is InChI=1S/C19H13ClN4O4/c20-15-5-8-18(17(10-15)24(26)27)28-16-6-3-13(4-7-16)11-22-23-19(25)14-2-1-9-21-12-14/h1-12H,(H,23,25)/b22-11-. The molecule has 0 aliphatic carbocycles.